The van der Waals surface area contributed by atoms with Crippen molar-refractivity contribution in [2.45, 2.75) is 19.9 Å². The zero-order chi connectivity index (χ0) is 13.8. The first kappa shape index (κ1) is 14.3. The van der Waals surface area contributed by atoms with E-state index in [1.54, 1.807) is 6.07 Å². The number of halogens is 1. The van der Waals surface area contributed by atoms with E-state index in [0.717, 1.165) is 30.9 Å². The highest BCUT2D eigenvalue weighted by Crippen LogP contribution is 2.20. The van der Waals surface area contributed by atoms with E-state index in [9.17, 15) is 4.79 Å². The third kappa shape index (κ3) is 4.20. The maximum atomic E-state index is 12.0. The van der Waals surface area contributed by atoms with Crippen molar-refractivity contribution in [1.82, 2.24) is 10.2 Å². The molecule has 5 heteroatoms. The minimum Gasteiger partial charge on any atom is -0.325 e. The summed E-state index contributed by atoms with van der Waals surface area (Å²) in [4.78, 5) is 14.2. The molecular weight excluding hydrogens is 262 g/mol. The molecule has 0 spiro atoms. The number of carbonyl (C=O) groups excluding carboxylic acids is 1. The number of hydrogen-bond donors (Lipinski definition) is 2. The number of anilines is 1. The molecule has 2 N–H and O–H groups in total. The molecule has 1 fully saturated rings. The summed E-state index contributed by atoms with van der Waals surface area (Å²) in [5.41, 5.74) is 1.81. The number of aryl methyl sites for hydroxylation is 1. The van der Waals surface area contributed by atoms with Crippen molar-refractivity contribution in [1.29, 1.82) is 0 Å². The van der Waals surface area contributed by atoms with Gasteiger partial charge >= 0.3 is 0 Å². The number of rotatable bonds is 3. The minimum atomic E-state index is 0.0134. The molecule has 1 saturated heterocycles. The maximum Gasteiger partial charge on any atom is 0.238 e. The van der Waals surface area contributed by atoms with Gasteiger partial charge in [0.1, 0.15) is 0 Å². The fourth-order valence-corrected chi connectivity index (χ4v) is 2.45. The van der Waals surface area contributed by atoms with Crippen LogP contribution in [0.2, 0.25) is 5.02 Å². The quantitative estimate of drug-likeness (QED) is 0.889. The van der Waals surface area contributed by atoms with Crippen LogP contribution in [0.5, 0.6) is 0 Å². The molecule has 1 heterocycles. The van der Waals surface area contributed by atoms with E-state index in [1.165, 1.54) is 0 Å². The predicted molar refractivity (Wildman–Crippen MR) is 78.7 cm³/mol. The van der Waals surface area contributed by atoms with Crippen molar-refractivity contribution in [3.63, 3.8) is 0 Å². The fourth-order valence-electron chi connectivity index (χ4n) is 2.28. The zero-order valence-electron chi connectivity index (χ0n) is 11.4. The van der Waals surface area contributed by atoms with Crippen molar-refractivity contribution in [2.75, 3.05) is 31.5 Å². The molecule has 1 unspecified atom stereocenters. The molecule has 4 nitrogen and oxygen atoms in total. The average molecular weight is 282 g/mol. The highest BCUT2D eigenvalue weighted by atomic mass is 35.5. The number of amides is 1. The Morgan fingerprint density at radius 3 is 3.11 bits per heavy atom. The van der Waals surface area contributed by atoms with Crippen LogP contribution in [0.1, 0.15) is 12.5 Å². The first-order valence-electron chi connectivity index (χ1n) is 6.56. The average Bonchev–Trinajstić information content (AvgIpc) is 2.34. The Balaban J connectivity index is 1.92. The van der Waals surface area contributed by atoms with Crippen molar-refractivity contribution in [3.8, 4) is 0 Å². The van der Waals surface area contributed by atoms with Gasteiger partial charge in [-0.25, -0.2) is 0 Å². The van der Waals surface area contributed by atoms with E-state index in [0.29, 0.717) is 17.6 Å². The molecule has 2 rings (SSSR count). The van der Waals surface area contributed by atoms with Gasteiger partial charge in [-0.2, -0.15) is 0 Å². The lowest BCUT2D eigenvalue weighted by Gasteiger charge is -2.31. The van der Waals surface area contributed by atoms with E-state index >= 15 is 0 Å². The van der Waals surface area contributed by atoms with E-state index in [1.807, 2.05) is 19.1 Å². The van der Waals surface area contributed by atoms with Crippen LogP contribution in [-0.2, 0) is 4.79 Å². The van der Waals surface area contributed by atoms with Crippen molar-refractivity contribution in [2.24, 2.45) is 0 Å². The third-order valence-electron chi connectivity index (χ3n) is 3.29. The number of benzene rings is 1. The highest BCUT2D eigenvalue weighted by molar-refractivity contribution is 6.31. The molecular formula is C14H20ClN3O. The van der Waals surface area contributed by atoms with Gasteiger partial charge in [0.15, 0.2) is 0 Å². The van der Waals surface area contributed by atoms with Crippen LogP contribution in [0.4, 0.5) is 5.69 Å². The second kappa shape index (κ2) is 6.37. The molecule has 0 aromatic heterocycles. The standard InChI is InChI=1S/C14H20ClN3O/c1-10-3-4-12(15)7-13(10)17-14(19)9-18-6-5-16-11(2)8-18/h3-4,7,11,16H,5-6,8-9H2,1-2H3,(H,17,19). The second-order valence-corrected chi connectivity index (χ2v) is 5.53. The monoisotopic (exact) mass is 281 g/mol. The van der Waals surface area contributed by atoms with Gasteiger partial charge in [0.2, 0.25) is 5.91 Å². The normalized spacial score (nSPS) is 20.3. The summed E-state index contributed by atoms with van der Waals surface area (Å²) >= 11 is 5.94. The molecule has 0 aliphatic carbocycles. The predicted octanol–water partition coefficient (Wildman–Crippen LogP) is 1.88. The number of piperazine rings is 1. The molecule has 0 bridgehead atoms. The van der Waals surface area contributed by atoms with Gasteiger partial charge in [-0.1, -0.05) is 17.7 Å². The summed E-state index contributed by atoms with van der Waals surface area (Å²) in [6.45, 7) is 7.26. The molecule has 104 valence electrons. The topological polar surface area (TPSA) is 44.4 Å². The molecule has 1 aliphatic heterocycles. The number of nitrogens with one attached hydrogen (secondary N) is 2. The van der Waals surface area contributed by atoms with E-state index in [4.69, 9.17) is 11.6 Å². The molecule has 1 aromatic rings. The number of nitrogens with zero attached hydrogens (tertiary/aromatic N) is 1. The smallest absolute Gasteiger partial charge is 0.238 e. The van der Waals surface area contributed by atoms with E-state index < -0.39 is 0 Å². The molecule has 0 radical (unpaired) electrons. The van der Waals surface area contributed by atoms with E-state index in [-0.39, 0.29) is 5.91 Å². The lowest BCUT2D eigenvalue weighted by Crippen LogP contribution is -2.51. The number of hydrogen-bond acceptors (Lipinski definition) is 3. The molecule has 1 amide bonds. The lowest BCUT2D eigenvalue weighted by molar-refractivity contribution is -0.117. The summed E-state index contributed by atoms with van der Waals surface area (Å²) in [5, 5.41) is 6.92. The van der Waals surface area contributed by atoms with Gasteiger partial charge in [0, 0.05) is 36.4 Å². The summed E-state index contributed by atoms with van der Waals surface area (Å²) in [5.74, 6) is 0.0134. The summed E-state index contributed by atoms with van der Waals surface area (Å²) in [7, 11) is 0. The first-order chi connectivity index (χ1) is 9.04. The van der Waals surface area contributed by atoms with Crippen LogP contribution in [0.15, 0.2) is 18.2 Å². The van der Waals surface area contributed by atoms with Gasteiger partial charge in [-0.3, -0.25) is 9.69 Å². The molecule has 0 saturated carbocycles. The SMILES string of the molecule is Cc1ccc(Cl)cc1NC(=O)CN1CCNC(C)C1. The Morgan fingerprint density at radius 2 is 2.37 bits per heavy atom. The molecule has 19 heavy (non-hydrogen) atoms. The Labute approximate surface area is 119 Å². The summed E-state index contributed by atoms with van der Waals surface area (Å²) in [6, 6.07) is 5.96. The van der Waals surface area contributed by atoms with Crippen LogP contribution < -0.4 is 10.6 Å². The van der Waals surface area contributed by atoms with Crippen molar-refractivity contribution < 1.29 is 4.79 Å². The van der Waals surface area contributed by atoms with E-state index in [2.05, 4.69) is 22.5 Å². The van der Waals surface area contributed by atoms with Crippen LogP contribution in [-0.4, -0.2) is 43.0 Å². The minimum absolute atomic E-state index is 0.0134. The second-order valence-electron chi connectivity index (χ2n) is 5.10. The van der Waals surface area contributed by atoms with Crippen LogP contribution in [0.3, 0.4) is 0 Å². The first-order valence-corrected chi connectivity index (χ1v) is 6.94. The lowest BCUT2D eigenvalue weighted by atomic mass is 10.2. The molecule has 1 atom stereocenters. The third-order valence-corrected chi connectivity index (χ3v) is 3.53. The van der Waals surface area contributed by atoms with Crippen LogP contribution in [0, 0.1) is 6.92 Å². The maximum absolute atomic E-state index is 12.0. The van der Waals surface area contributed by atoms with Gasteiger partial charge < -0.3 is 10.6 Å². The Hall–Kier alpha value is -1.10. The summed E-state index contributed by atoms with van der Waals surface area (Å²) in [6.07, 6.45) is 0. The summed E-state index contributed by atoms with van der Waals surface area (Å²) < 4.78 is 0. The Bertz CT molecular complexity index is 464. The number of carbonyl (C=O) groups is 1. The van der Waals surface area contributed by atoms with Gasteiger partial charge in [0.05, 0.1) is 6.54 Å². The molecule has 1 aliphatic rings. The molecule has 1 aromatic carbocycles. The largest absolute Gasteiger partial charge is 0.325 e. The van der Waals surface area contributed by atoms with Crippen LogP contribution >= 0.6 is 11.6 Å². The van der Waals surface area contributed by atoms with Crippen molar-refractivity contribution in [3.05, 3.63) is 28.8 Å². The highest BCUT2D eigenvalue weighted by Gasteiger charge is 2.18. The van der Waals surface area contributed by atoms with Gasteiger partial charge in [-0.15, -0.1) is 0 Å². The zero-order valence-corrected chi connectivity index (χ0v) is 12.1. The Kier molecular flexibility index (Phi) is 4.80. The van der Waals surface area contributed by atoms with Crippen LogP contribution in [0.25, 0.3) is 0 Å². The van der Waals surface area contributed by atoms with Crippen molar-refractivity contribution >= 4 is 23.2 Å². The van der Waals surface area contributed by atoms with Gasteiger partial charge in [-0.05, 0) is 31.5 Å². The Morgan fingerprint density at radius 1 is 1.58 bits per heavy atom. The fraction of sp³-hybridized carbons (Fsp3) is 0.500. The van der Waals surface area contributed by atoms with Gasteiger partial charge in [0.25, 0.3) is 0 Å².